The standard InChI is InChI=1S/C31H41N5O6/c1-21(37)19-36(20-22(2)38)14-15-41-27-12-10-26(11-13-27)35-30-33-16-25(17-34-30)23-6-8-24(9-7-23)29(40)32-18-28(39)42-31(3,4)5/h6-13,16-17,21-22,37-38H,14-15,18-20H2,1-5H3,(H,32,40)(H,33,34,35). The van der Waals surface area contributed by atoms with Crippen molar-refractivity contribution in [1.82, 2.24) is 20.2 Å². The lowest BCUT2D eigenvalue weighted by Crippen LogP contribution is -2.38. The predicted octanol–water partition coefficient (Wildman–Crippen LogP) is 3.40. The Hall–Kier alpha value is -4.06. The van der Waals surface area contributed by atoms with E-state index in [9.17, 15) is 19.8 Å². The first kappa shape index (κ1) is 32.5. The Balaban J connectivity index is 1.48. The van der Waals surface area contributed by atoms with Gasteiger partial charge in [-0.3, -0.25) is 14.5 Å². The number of hydrogen-bond donors (Lipinski definition) is 4. The number of nitrogens with one attached hydrogen (secondary N) is 2. The quantitative estimate of drug-likeness (QED) is 0.210. The lowest BCUT2D eigenvalue weighted by atomic mass is 10.1. The molecule has 0 aliphatic carbocycles. The van der Waals surface area contributed by atoms with Crippen LogP contribution in [0.2, 0.25) is 0 Å². The van der Waals surface area contributed by atoms with E-state index in [1.54, 1.807) is 71.3 Å². The van der Waals surface area contributed by atoms with Crippen LogP contribution in [-0.2, 0) is 9.53 Å². The van der Waals surface area contributed by atoms with Crippen LogP contribution < -0.4 is 15.4 Å². The Morgan fingerprint density at radius 1 is 0.905 bits per heavy atom. The van der Waals surface area contributed by atoms with E-state index in [2.05, 4.69) is 20.6 Å². The molecule has 1 amide bonds. The zero-order valence-electron chi connectivity index (χ0n) is 24.8. The molecule has 0 saturated heterocycles. The average Bonchev–Trinajstić information content (AvgIpc) is 2.91. The summed E-state index contributed by atoms with van der Waals surface area (Å²) in [6, 6.07) is 14.3. The molecule has 2 atom stereocenters. The van der Waals surface area contributed by atoms with Gasteiger partial charge >= 0.3 is 5.97 Å². The van der Waals surface area contributed by atoms with Gasteiger partial charge in [-0.25, -0.2) is 9.97 Å². The molecule has 1 aromatic heterocycles. The van der Waals surface area contributed by atoms with Crippen molar-refractivity contribution in [3.63, 3.8) is 0 Å². The second kappa shape index (κ2) is 15.2. The van der Waals surface area contributed by atoms with Gasteiger partial charge < -0.3 is 30.3 Å². The van der Waals surface area contributed by atoms with Crippen LogP contribution >= 0.6 is 0 Å². The lowest BCUT2D eigenvalue weighted by Gasteiger charge is -2.24. The highest BCUT2D eigenvalue weighted by atomic mass is 16.6. The molecule has 0 radical (unpaired) electrons. The Bertz CT molecular complexity index is 1260. The second-order valence-corrected chi connectivity index (χ2v) is 11.1. The molecule has 0 bridgehead atoms. The smallest absolute Gasteiger partial charge is 0.325 e. The molecular weight excluding hydrogens is 538 g/mol. The number of rotatable bonds is 14. The van der Waals surface area contributed by atoms with Crippen molar-refractivity contribution in [3.8, 4) is 16.9 Å². The maximum Gasteiger partial charge on any atom is 0.325 e. The third kappa shape index (κ3) is 11.4. The van der Waals surface area contributed by atoms with Crippen LogP contribution in [0.15, 0.2) is 60.9 Å². The summed E-state index contributed by atoms with van der Waals surface area (Å²) in [5.41, 5.74) is 2.23. The number of carbonyl (C=O) groups is 2. The zero-order chi connectivity index (χ0) is 30.7. The average molecular weight is 580 g/mol. The van der Waals surface area contributed by atoms with E-state index in [1.165, 1.54) is 0 Å². The summed E-state index contributed by atoms with van der Waals surface area (Å²) in [7, 11) is 0. The third-order valence-electron chi connectivity index (χ3n) is 5.78. The third-order valence-corrected chi connectivity index (χ3v) is 5.78. The fourth-order valence-electron chi connectivity index (χ4n) is 4.05. The van der Waals surface area contributed by atoms with Crippen molar-refractivity contribution in [2.24, 2.45) is 0 Å². The van der Waals surface area contributed by atoms with E-state index in [1.807, 2.05) is 29.2 Å². The summed E-state index contributed by atoms with van der Waals surface area (Å²) < 4.78 is 11.0. The lowest BCUT2D eigenvalue weighted by molar-refractivity contribution is -0.153. The van der Waals surface area contributed by atoms with Crippen molar-refractivity contribution in [2.75, 3.05) is 38.1 Å². The monoisotopic (exact) mass is 579 g/mol. The number of ether oxygens (including phenoxy) is 2. The molecule has 226 valence electrons. The number of carbonyl (C=O) groups excluding carboxylic acids is 2. The normalized spacial score (nSPS) is 12.9. The molecule has 0 fully saturated rings. The Morgan fingerprint density at radius 3 is 2.05 bits per heavy atom. The molecule has 1 heterocycles. The van der Waals surface area contributed by atoms with Gasteiger partial charge in [0.05, 0.1) is 12.2 Å². The van der Waals surface area contributed by atoms with E-state index in [0.717, 1.165) is 16.8 Å². The van der Waals surface area contributed by atoms with Gasteiger partial charge in [-0.15, -0.1) is 0 Å². The fourth-order valence-corrected chi connectivity index (χ4v) is 4.05. The summed E-state index contributed by atoms with van der Waals surface area (Å²) >= 11 is 0. The fraction of sp³-hybridized carbons (Fsp3) is 0.419. The molecule has 42 heavy (non-hydrogen) atoms. The number of amides is 1. The van der Waals surface area contributed by atoms with Crippen molar-refractivity contribution in [3.05, 3.63) is 66.5 Å². The summed E-state index contributed by atoms with van der Waals surface area (Å²) in [6.45, 7) is 10.5. The topological polar surface area (TPSA) is 146 Å². The van der Waals surface area contributed by atoms with Gasteiger partial charge in [0.1, 0.15) is 24.5 Å². The van der Waals surface area contributed by atoms with Gasteiger partial charge in [-0.1, -0.05) is 12.1 Å². The number of aliphatic hydroxyl groups excluding tert-OH is 2. The van der Waals surface area contributed by atoms with Gasteiger partial charge in [-0.05, 0) is 76.6 Å². The molecule has 0 spiro atoms. The molecule has 0 aliphatic rings. The van der Waals surface area contributed by atoms with Gasteiger partial charge in [0.2, 0.25) is 5.95 Å². The minimum Gasteiger partial charge on any atom is -0.492 e. The van der Waals surface area contributed by atoms with Crippen molar-refractivity contribution >= 4 is 23.5 Å². The van der Waals surface area contributed by atoms with Gasteiger partial charge in [-0.2, -0.15) is 0 Å². The highest BCUT2D eigenvalue weighted by Crippen LogP contribution is 2.21. The van der Waals surface area contributed by atoms with Crippen LogP contribution in [0.4, 0.5) is 11.6 Å². The highest BCUT2D eigenvalue weighted by molar-refractivity contribution is 5.96. The Labute approximate surface area is 246 Å². The van der Waals surface area contributed by atoms with E-state index >= 15 is 0 Å². The van der Waals surface area contributed by atoms with Crippen LogP contribution in [0, 0.1) is 0 Å². The number of anilines is 2. The number of aromatic nitrogens is 2. The predicted molar refractivity (Wildman–Crippen MR) is 161 cm³/mol. The largest absolute Gasteiger partial charge is 0.492 e. The molecule has 3 rings (SSSR count). The molecule has 2 unspecified atom stereocenters. The summed E-state index contributed by atoms with van der Waals surface area (Å²) in [6.07, 6.45) is 2.41. The molecule has 0 saturated carbocycles. The minimum atomic E-state index is -0.610. The van der Waals surface area contributed by atoms with Crippen LogP contribution in [0.3, 0.4) is 0 Å². The second-order valence-electron chi connectivity index (χ2n) is 11.1. The molecule has 2 aromatic carbocycles. The first-order chi connectivity index (χ1) is 19.9. The van der Waals surface area contributed by atoms with Crippen LogP contribution in [-0.4, -0.2) is 87.6 Å². The van der Waals surface area contributed by atoms with Crippen molar-refractivity contribution in [2.45, 2.75) is 52.4 Å². The van der Waals surface area contributed by atoms with Crippen LogP contribution in [0.25, 0.3) is 11.1 Å². The van der Waals surface area contributed by atoms with Crippen molar-refractivity contribution < 1.29 is 29.3 Å². The zero-order valence-corrected chi connectivity index (χ0v) is 24.8. The summed E-state index contributed by atoms with van der Waals surface area (Å²) in [5.74, 6) is 0.267. The number of aliphatic hydroxyl groups is 2. The van der Waals surface area contributed by atoms with E-state index in [4.69, 9.17) is 9.47 Å². The number of esters is 1. The minimum absolute atomic E-state index is 0.204. The Morgan fingerprint density at radius 2 is 1.50 bits per heavy atom. The molecular formula is C31H41N5O6. The van der Waals surface area contributed by atoms with Crippen LogP contribution in [0.1, 0.15) is 45.0 Å². The van der Waals surface area contributed by atoms with Gasteiger partial charge in [0.15, 0.2) is 0 Å². The Kier molecular flexibility index (Phi) is 11.8. The summed E-state index contributed by atoms with van der Waals surface area (Å²) in [5, 5.41) is 25.0. The maximum atomic E-state index is 12.4. The van der Waals surface area contributed by atoms with E-state index in [-0.39, 0.29) is 12.5 Å². The molecule has 0 aliphatic heterocycles. The molecule has 4 N–H and O–H groups in total. The van der Waals surface area contributed by atoms with E-state index < -0.39 is 23.8 Å². The highest BCUT2D eigenvalue weighted by Gasteiger charge is 2.17. The maximum absolute atomic E-state index is 12.4. The first-order valence-corrected chi connectivity index (χ1v) is 13.9. The summed E-state index contributed by atoms with van der Waals surface area (Å²) in [4.78, 5) is 35.0. The molecule has 11 nitrogen and oxygen atoms in total. The number of nitrogens with zero attached hydrogens (tertiary/aromatic N) is 3. The van der Waals surface area contributed by atoms with E-state index in [0.29, 0.717) is 43.5 Å². The van der Waals surface area contributed by atoms with Gasteiger partial charge in [0.25, 0.3) is 5.91 Å². The number of hydrogen-bond acceptors (Lipinski definition) is 10. The van der Waals surface area contributed by atoms with Crippen molar-refractivity contribution in [1.29, 1.82) is 0 Å². The number of benzene rings is 2. The molecule has 11 heteroatoms. The first-order valence-electron chi connectivity index (χ1n) is 13.9. The molecule has 3 aromatic rings. The SMILES string of the molecule is CC(O)CN(CCOc1ccc(Nc2ncc(-c3ccc(C(=O)NCC(=O)OC(C)(C)C)cc3)cn2)cc1)CC(C)O. The van der Waals surface area contributed by atoms with Crippen LogP contribution in [0.5, 0.6) is 5.75 Å². The van der Waals surface area contributed by atoms with Gasteiger partial charge in [0, 0.05) is 48.8 Å².